The third-order valence-electron chi connectivity index (χ3n) is 2.10. The Morgan fingerprint density at radius 3 is 2.79 bits per heavy atom. The summed E-state index contributed by atoms with van der Waals surface area (Å²) in [6.07, 6.45) is 1.58. The van der Waals surface area contributed by atoms with Gasteiger partial charge in [-0.25, -0.2) is 9.37 Å². The number of hydrogen-bond acceptors (Lipinski definition) is 4. The van der Waals surface area contributed by atoms with Crippen LogP contribution in [0.15, 0.2) is 33.3 Å². The van der Waals surface area contributed by atoms with Gasteiger partial charge in [0.1, 0.15) is 11.6 Å². The van der Waals surface area contributed by atoms with Gasteiger partial charge in [0.05, 0.1) is 10.7 Å². The Morgan fingerprint density at radius 2 is 2.11 bits per heavy atom. The molecular formula is C12H10Br2FN3O. The van der Waals surface area contributed by atoms with Crippen molar-refractivity contribution < 1.29 is 9.13 Å². The fourth-order valence-electron chi connectivity index (χ4n) is 1.37. The van der Waals surface area contributed by atoms with Crippen LogP contribution in [0.5, 0.6) is 11.6 Å². The van der Waals surface area contributed by atoms with Crippen molar-refractivity contribution >= 4 is 37.8 Å². The van der Waals surface area contributed by atoms with Gasteiger partial charge in [0.25, 0.3) is 0 Å². The van der Waals surface area contributed by atoms with Crippen molar-refractivity contribution in [2.75, 3.05) is 11.9 Å². The van der Waals surface area contributed by atoms with Gasteiger partial charge in [0.15, 0.2) is 0 Å². The Kier molecular flexibility index (Phi) is 4.71. The van der Waals surface area contributed by atoms with E-state index in [0.717, 1.165) is 0 Å². The maximum Gasteiger partial charge on any atom is 0.238 e. The minimum Gasteiger partial charge on any atom is -0.438 e. The van der Waals surface area contributed by atoms with Crippen molar-refractivity contribution in [2.24, 2.45) is 0 Å². The minimum atomic E-state index is -0.388. The van der Waals surface area contributed by atoms with E-state index in [9.17, 15) is 4.39 Å². The second kappa shape index (κ2) is 6.29. The van der Waals surface area contributed by atoms with Gasteiger partial charge in [-0.15, -0.1) is 0 Å². The average molecular weight is 391 g/mol. The largest absolute Gasteiger partial charge is 0.438 e. The molecule has 0 aliphatic carbocycles. The first-order valence-corrected chi connectivity index (χ1v) is 7.07. The maximum atomic E-state index is 13.3. The highest BCUT2D eigenvalue weighted by Crippen LogP contribution is 2.30. The summed E-state index contributed by atoms with van der Waals surface area (Å²) in [4.78, 5) is 8.26. The molecule has 4 nitrogen and oxygen atoms in total. The molecule has 0 spiro atoms. The number of nitrogens with one attached hydrogen (secondary N) is 1. The molecule has 100 valence electrons. The number of ether oxygens (including phenoxy) is 1. The number of rotatable bonds is 4. The monoisotopic (exact) mass is 389 g/mol. The van der Waals surface area contributed by atoms with E-state index in [1.165, 1.54) is 12.1 Å². The quantitative estimate of drug-likeness (QED) is 0.842. The summed E-state index contributed by atoms with van der Waals surface area (Å²) in [7, 11) is 0. The van der Waals surface area contributed by atoms with E-state index in [1.54, 1.807) is 12.3 Å². The van der Waals surface area contributed by atoms with Gasteiger partial charge in [-0.05, 0) is 35.0 Å². The first-order valence-electron chi connectivity index (χ1n) is 5.49. The molecule has 1 aromatic carbocycles. The summed E-state index contributed by atoms with van der Waals surface area (Å²) in [6, 6.07) is 4.29. The second-order valence-corrected chi connectivity index (χ2v) is 5.35. The average Bonchev–Trinajstić information content (AvgIpc) is 2.32. The number of benzene rings is 1. The zero-order valence-electron chi connectivity index (χ0n) is 9.95. The predicted octanol–water partition coefficient (Wildman–Crippen LogP) is 4.36. The summed E-state index contributed by atoms with van der Waals surface area (Å²) in [6.45, 7) is 2.64. The van der Waals surface area contributed by atoms with Crippen molar-refractivity contribution in [2.45, 2.75) is 6.92 Å². The van der Waals surface area contributed by atoms with Crippen molar-refractivity contribution in [1.82, 2.24) is 9.97 Å². The van der Waals surface area contributed by atoms with Gasteiger partial charge in [-0.2, -0.15) is 4.98 Å². The lowest BCUT2D eigenvalue weighted by molar-refractivity contribution is 0.454. The Morgan fingerprint density at radius 1 is 1.32 bits per heavy atom. The van der Waals surface area contributed by atoms with Crippen LogP contribution in [0.1, 0.15) is 6.92 Å². The van der Waals surface area contributed by atoms with Crippen molar-refractivity contribution in [3.63, 3.8) is 0 Å². The van der Waals surface area contributed by atoms with Gasteiger partial charge < -0.3 is 10.1 Å². The third-order valence-corrected chi connectivity index (χ3v) is 3.10. The summed E-state index contributed by atoms with van der Waals surface area (Å²) in [5.74, 6) is 0.745. The number of nitrogens with zero attached hydrogens (tertiary/aromatic N) is 2. The Balaban J connectivity index is 2.28. The lowest BCUT2D eigenvalue weighted by Crippen LogP contribution is -2.03. The molecule has 0 aliphatic heterocycles. The highest BCUT2D eigenvalue weighted by Gasteiger charge is 2.08. The lowest BCUT2D eigenvalue weighted by atomic mass is 10.3. The molecule has 1 heterocycles. The molecule has 0 amide bonds. The van der Waals surface area contributed by atoms with Crippen LogP contribution >= 0.6 is 31.9 Å². The Hall–Kier alpha value is -1.21. The zero-order valence-corrected chi connectivity index (χ0v) is 13.1. The van der Waals surface area contributed by atoms with E-state index in [-0.39, 0.29) is 5.82 Å². The summed E-state index contributed by atoms with van der Waals surface area (Å²) < 4.78 is 20.0. The SMILES string of the molecule is CCNc1ncc(Br)c(Oc2cc(F)cc(Br)c2)n1. The van der Waals surface area contributed by atoms with Crippen molar-refractivity contribution in [3.8, 4) is 11.6 Å². The topological polar surface area (TPSA) is 47.0 Å². The lowest BCUT2D eigenvalue weighted by Gasteiger charge is -2.09. The zero-order chi connectivity index (χ0) is 13.8. The normalized spacial score (nSPS) is 10.3. The molecule has 0 unspecified atom stereocenters. The Bertz CT molecular complexity index is 575. The highest BCUT2D eigenvalue weighted by molar-refractivity contribution is 9.10. The molecule has 1 N–H and O–H groups in total. The molecule has 0 bridgehead atoms. The Labute approximate surface area is 126 Å². The third kappa shape index (κ3) is 3.87. The number of hydrogen-bond donors (Lipinski definition) is 1. The maximum absolute atomic E-state index is 13.3. The fraction of sp³-hybridized carbons (Fsp3) is 0.167. The molecule has 7 heteroatoms. The minimum absolute atomic E-state index is 0.323. The number of aromatic nitrogens is 2. The van der Waals surface area contributed by atoms with Crippen molar-refractivity contribution in [3.05, 3.63) is 39.2 Å². The highest BCUT2D eigenvalue weighted by atomic mass is 79.9. The van der Waals surface area contributed by atoms with Gasteiger partial charge in [-0.3, -0.25) is 0 Å². The first-order chi connectivity index (χ1) is 9.08. The smallest absolute Gasteiger partial charge is 0.238 e. The molecule has 2 aromatic rings. The molecule has 0 saturated heterocycles. The number of halogens is 3. The van der Waals surface area contributed by atoms with Crippen LogP contribution in [0, 0.1) is 5.82 Å². The van der Waals surface area contributed by atoms with Crippen LogP contribution in [0.3, 0.4) is 0 Å². The van der Waals surface area contributed by atoms with E-state index >= 15 is 0 Å². The molecule has 0 atom stereocenters. The summed E-state index contributed by atoms with van der Waals surface area (Å²) >= 11 is 6.50. The van der Waals surface area contributed by atoms with Crippen LogP contribution in [-0.4, -0.2) is 16.5 Å². The van der Waals surface area contributed by atoms with E-state index in [1.807, 2.05) is 6.92 Å². The van der Waals surface area contributed by atoms with Gasteiger partial charge in [0.2, 0.25) is 11.8 Å². The standard InChI is InChI=1S/C12H10Br2FN3O/c1-2-16-12-17-6-10(14)11(18-12)19-9-4-7(13)3-8(15)5-9/h3-6H,2H2,1H3,(H,16,17,18). The van der Waals surface area contributed by atoms with E-state index in [4.69, 9.17) is 4.74 Å². The number of anilines is 1. The van der Waals surface area contributed by atoms with E-state index in [0.29, 0.717) is 33.1 Å². The van der Waals surface area contributed by atoms with Crippen LogP contribution in [-0.2, 0) is 0 Å². The van der Waals surface area contributed by atoms with Gasteiger partial charge >= 0.3 is 0 Å². The van der Waals surface area contributed by atoms with Gasteiger partial charge in [0, 0.05) is 17.1 Å². The summed E-state index contributed by atoms with van der Waals surface area (Å²) in [5.41, 5.74) is 0. The fourth-order valence-corrected chi connectivity index (χ4v) is 2.08. The van der Waals surface area contributed by atoms with Gasteiger partial charge in [-0.1, -0.05) is 15.9 Å². The molecule has 0 saturated carbocycles. The van der Waals surface area contributed by atoms with Crippen LogP contribution in [0.25, 0.3) is 0 Å². The van der Waals surface area contributed by atoms with E-state index in [2.05, 4.69) is 47.1 Å². The molecular weight excluding hydrogens is 381 g/mol. The second-order valence-electron chi connectivity index (χ2n) is 3.58. The summed E-state index contributed by atoms with van der Waals surface area (Å²) in [5, 5.41) is 2.98. The van der Waals surface area contributed by atoms with Crippen LogP contribution in [0.2, 0.25) is 0 Å². The molecule has 0 aliphatic rings. The molecule has 0 radical (unpaired) electrons. The first kappa shape index (κ1) is 14.2. The van der Waals surface area contributed by atoms with Crippen LogP contribution < -0.4 is 10.1 Å². The van der Waals surface area contributed by atoms with Crippen molar-refractivity contribution in [1.29, 1.82) is 0 Å². The molecule has 1 aromatic heterocycles. The molecule has 2 rings (SSSR count). The predicted molar refractivity (Wildman–Crippen MR) is 78.1 cm³/mol. The molecule has 19 heavy (non-hydrogen) atoms. The molecule has 0 fully saturated rings. The van der Waals surface area contributed by atoms with E-state index < -0.39 is 0 Å². The van der Waals surface area contributed by atoms with Crippen LogP contribution in [0.4, 0.5) is 10.3 Å².